The summed E-state index contributed by atoms with van der Waals surface area (Å²) in [5.74, 6) is 1.34. The van der Waals surface area contributed by atoms with Crippen LogP contribution in [0.4, 0.5) is 0 Å². The third-order valence-corrected chi connectivity index (χ3v) is 4.31. The molecule has 2 fully saturated rings. The second-order valence-corrected chi connectivity index (χ2v) is 6.41. The number of guanidine groups is 1. The van der Waals surface area contributed by atoms with Gasteiger partial charge in [0.15, 0.2) is 5.96 Å². The van der Waals surface area contributed by atoms with Gasteiger partial charge in [-0.3, -0.25) is 4.99 Å². The highest BCUT2D eigenvalue weighted by atomic mass is 15.3. The SMILES string of the molecule is CC(C)CN=C(N)N1CCC(N2CCCCC2)CC1. The number of nitrogens with two attached hydrogens (primary N) is 1. The van der Waals surface area contributed by atoms with Crippen LogP contribution in [0.25, 0.3) is 0 Å². The van der Waals surface area contributed by atoms with Crippen LogP contribution in [0.1, 0.15) is 46.0 Å². The molecule has 0 aromatic carbocycles. The number of nitrogens with zero attached hydrogens (tertiary/aromatic N) is 3. The highest BCUT2D eigenvalue weighted by molar-refractivity contribution is 5.78. The zero-order chi connectivity index (χ0) is 13.7. The smallest absolute Gasteiger partial charge is 0.191 e. The summed E-state index contributed by atoms with van der Waals surface area (Å²) in [5, 5.41) is 0. The van der Waals surface area contributed by atoms with Gasteiger partial charge in [-0.2, -0.15) is 0 Å². The molecule has 2 heterocycles. The summed E-state index contributed by atoms with van der Waals surface area (Å²) in [6.07, 6.45) is 6.69. The van der Waals surface area contributed by atoms with Gasteiger partial charge in [-0.15, -0.1) is 0 Å². The lowest BCUT2D eigenvalue weighted by atomic mass is 10.00. The van der Waals surface area contributed by atoms with Crippen LogP contribution >= 0.6 is 0 Å². The van der Waals surface area contributed by atoms with E-state index in [1.165, 1.54) is 45.2 Å². The molecule has 0 aliphatic carbocycles. The summed E-state index contributed by atoms with van der Waals surface area (Å²) >= 11 is 0. The highest BCUT2D eigenvalue weighted by Crippen LogP contribution is 2.20. The molecule has 0 unspecified atom stereocenters. The van der Waals surface area contributed by atoms with Crippen molar-refractivity contribution in [3.8, 4) is 0 Å². The predicted molar refractivity (Wildman–Crippen MR) is 81.3 cm³/mol. The monoisotopic (exact) mass is 266 g/mol. The predicted octanol–water partition coefficient (Wildman–Crippen LogP) is 1.91. The van der Waals surface area contributed by atoms with Gasteiger partial charge in [0.25, 0.3) is 0 Å². The molecule has 4 heteroatoms. The van der Waals surface area contributed by atoms with Crippen molar-refractivity contribution < 1.29 is 0 Å². The van der Waals surface area contributed by atoms with Crippen molar-refractivity contribution in [3.63, 3.8) is 0 Å². The molecular formula is C15H30N4. The Morgan fingerprint density at radius 1 is 1.11 bits per heavy atom. The van der Waals surface area contributed by atoms with E-state index < -0.39 is 0 Å². The zero-order valence-corrected chi connectivity index (χ0v) is 12.6. The molecule has 0 saturated carbocycles. The van der Waals surface area contributed by atoms with Gasteiger partial charge in [-0.25, -0.2) is 0 Å². The van der Waals surface area contributed by atoms with Crippen LogP contribution in [0.15, 0.2) is 4.99 Å². The van der Waals surface area contributed by atoms with Crippen LogP contribution in [0, 0.1) is 5.92 Å². The Labute approximate surface area is 118 Å². The lowest BCUT2D eigenvalue weighted by Crippen LogP contribution is -2.50. The number of rotatable bonds is 3. The minimum Gasteiger partial charge on any atom is -0.370 e. The van der Waals surface area contributed by atoms with Crippen LogP contribution in [0.2, 0.25) is 0 Å². The molecular weight excluding hydrogens is 236 g/mol. The fourth-order valence-electron chi connectivity index (χ4n) is 3.12. The first-order valence-electron chi connectivity index (χ1n) is 7.95. The fraction of sp³-hybridized carbons (Fsp3) is 0.933. The van der Waals surface area contributed by atoms with Crippen molar-refractivity contribution in [1.29, 1.82) is 0 Å². The van der Waals surface area contributed by atoms with E-state index in [-0.39, 0.29) is 0 Å². The quantitative estimate of drug-likeness (QED) is 0.627. The van der Waals surface area contributed by atoms with Crippen LogP contribution < -0.4 is 5.73 Å². The van der Waals surface area contributed by atoms with E-state index in [1.807, 2.05) is 0 Å². The Kier molecular flexibility index (Phi) is 5.49. The van der Waals surface area contributed by atoms with E-state index in [1.54, 1.807) is 0 Å². The van der Waals surface area contributed by atoms with Gasteiger partial charge in [0.05, 0.1) is 0 Å². The molecule has 2 N–H and O–H groups in total. The minimum absolute atomic E-state index is 0.587. The summed E-state index contributed by atoms with van der Waals surface area (Å²) in [4.78, 5) is 9.46. The Bertz CT molecular complexity index is 287. The Hall–Kier alpha value is -0.770. The molecule has 0 atom stereocenters. The van der Waals surface area contributed by atoms with Crippen LogP contribution in [-0.2, 0) is 0 Å². The van der Waals surface area contributed by atoms with Crippen molar-refractivity contribution in [2.75, 3.05) is 32.7 Å². The largest absolute Gasteiger partial charge is 0.370 e. The number of hydrogen-bond acceptors (Lipinski definition) is 2. The summed E-state index contributed by atoms with van der Waals surface area (Å²) in [6, 6.07) is 0.787. The minimum atomic E-state index is 0.587. The van der Waals surface area contributed by atoms with E-state index in [2.05, 4.69) is 28.6 Å². The molecule has 0 amide bonds. The van der Waals surface area contributed by atoms with Crippen molar-refractivity contribution in [2.45, 2.75) is 52.0 Å². The molecule has 2 aliphatic rings. The third kappa shape index (κ3) is 4.37. The van der Waals surface area contributed by atoms with E-state index in [9.17, 15) is 0 Å². The van der Waals surface area contributed by atoms with Gasteiger partial charge in [-0.1, -0.05) is 20.3 Å². The second kappa shape index (κ2) is 7.13. The second-order valence-electron chi connectivity index (χ2n) is 6.41. The van der Waals surface area contributed by atoms with Crippen molar-refractivity contribution in [3.05, 3.63) is 0 Å². The molecule has 19 heavy (non-hydrogen) atoms. The molecule has 4 nitrogen and oxygen atoms in total. The normalized spacial score (nSPS) is 24.2. The maximum atomic E-state index is 6.08. The molecule has 2 saturated heterocycles. The first-order chi connectivity index (χ1) is 9.16. The topological polar surface area (TPSA) is 44.9 Å². The summed E-state index contributed by atoms with van der Waals surface area (Å²) < 4.78 is 0. The van der Waals surface area contributed by atoms with E-state index in [4.69, 9.17) is 5.73 Å². The van der Waals surface area contributed by atoms with Crippen molar-refractivity contribution in [2.24, 2.45) is 16.6 Å². The highest BCUT2D eigenvalue weighted by Gasteiger charge is 2.26. The molecule has 0 aromatic rings. The van der Waals surface area contributed by atoms with Crippen LogP contribution in [0.3, 0.4) is 0 Å². The average Bonchev–Trinajstić information content (AvgIpc) is 2.46. The molecule has 0 radical (unpaired) electrons. The lowest BCUT2D eigenvalue weighted by molar-refractivity contribution is 0.114. The summed E-state index contributed by atoms with van der Waals surface area (Å²) in [5.41, 5.74) is 6.08. The van der Waals surface area contributed by atoms with Gasteiger partial charge in [-0.05, 0) is 44.7 Å². The summed E-state index contributed by atoms with van der Waals surface area (Å²) in [6.45, 7) is 9.98. The average molecular weight is 266 g/mol. The maximum absolute atomic E-state index is 6.08. The Morgan fingerprint density at radius 2 is 1.74 bits per heavy atom. The van der Waals surface area contributed by atoms with E-state index >= 15 is 0 Å². The fourth-order valence-corrected chi connectivity index (χ4v) is 3.12. The van der Waals surface area contributed by atoms with Crippen LogP contribution in [0.5, 0.6) is 0 Å². The van der Waals surface area contributed by atoms with Crippen LogP contribution in [-0.4, -0.2) is 54.5 Å². The van der Waals surface area contributed by atoms with Gasteiger partial charge >= 0.3 is 0 Å². The van der Waals surface area contributed by atoms with Gasteiger partial charge in [0, 0.05) is 25.7 Å². The van der Waals surface area contributed by atoms with Crippen molar-refractivity contribution in [1.82, 2.24) is 9.80 Å². The molecule has 2 aliphatic heterocycles. The van der Waals surface area contributed by atoms with Gasteiger partial charge < -0.3 is 15.5 Å². The van der Waals surface area contributed by atoms with E-state index in [0.29, 0.717) is 5.92 Å². The molecule has 0 aromatic heterocycles. The molecule has 0 bridgehead atoms. The standard InChI is InChI=1S/C15H30N4/c1-13(2)12-17-15(16)19-10-6-14(7-11-19)18-8-4-3-5-9-18/h13-14H,3-12H2,1-2H3,(H2,16,17). The van der Waals surface area contributed by atoms with Gasteiger partial charge in [0.2, 0.25) is 0 Å². The number of hydrogen-bond donors (Lipinski definition) is 1. The Morgan fingerprint density at radius 3 is 2.32 bits per heavy atom. The first-order valence-corrected chi connectivity index (χ1v) is 7.95. The third-order valence-electron chi connectivity index (χ3n) is 4.31. The lowest BCUT2D eigenvalue weighted by Gasteiger charge is -2.40. The zero-order valence-electron chi connectivity index (χ0n) is 12.6. The molecule has 110 valence electrons. The van der Waals surface area contributed by atoms with Gasteiger partial charge in [0.1, 0.15) is 0 Å². The summed E-state index contributed by atoms with van der Waals surface area (Å²) in [7, 11) is 0. The first kappa shape index (κ1) is 14.6. The number of aliphatic imine (C=N–C) groups is 1. The van der Waals surface area contributed by atoms with Crippen molar-refractivity contribution >= 4 is 5.96 Å². The number of piperidine rings is 2. The number of likely N-dealkylation sites (tertiary alicyclic amines) is 2. The molecule has 0 spiro atoms. The molecule has 2 rings (SSSR count). The Balaban J connectivity index is 1.76. The van der Waals surface area contributed by atoms with E-state index in [0.717, 1.165) is 31.6 Å². The maximum Gasteiger partial charge on any atom is 0.191 e.